The van der Waals surface area contributed by atoms with E-state index < -0.39 is 0 Å². The topological polar surface area (TPSA) is 58.2 Å². The van der Waals surface area contributed by atoms with Crippen LogP contribution in [0.25, 0.3) is 0 Å². The van der Waals surface area contributed by atoms with Crippen LogP contribution in [0.15, 0.2) is 30.3 Å². The number of hydrogen-bond acceptors (Lipinski definition) is 2. The Hall–Kier alpha value is -1.84. The fourth-order valence-corrected chi connectivity index (χ4v) is 3.47. The lowest BCUT2D eigenvalue weighted by molar-refractivity contribution is -0.124. The van der Waals surface area contributed by atoms with Crippen LogP contribution in [-0.4, -0.2) is 17.9 Å². The number of carbonyl (C=O) groups excluding carboxylic acids is 2. The van der Waals surface area contributed by atoms with Crippen molar-refractivity contribution in [3.63, 3.8) is 0 Å². The van der Waals surface area contributed by atoms with Gasteiger partial charge in [-0.05, 0) is 30.7 Å². The van der Waals surface area contributed by atoms with Gasteiger partial charge >= 0.3 is 0 Å². The predicted molar refractivity (Wildman–Crippen MR) is 82.8 cm³/mol. The molecule has 116 valence electrons. The van der Waals surface area contributed by atoms with E-state index >= 15 is 0 Å². The molecular formula is C18H22N2O2. The molecule has 3 fully saturated rings. The van der Waals surface area contributed by atoms with Gasteiger partial charge in [-0.15, -0.1) is 0 Å². The van der Waals surface area contributed by atoms with Gasteiger partial charge in [0.25, 0.3) is 0 Å². The first-order valence-electron chi connectivity index (χ1n) is 8.38. The molecule has 1 aliphatic heterocycles. The second kappa shape index (κ2) is 5.41. The summed E-state index contributed by atoms with van der Waals surface area (Å²) in [6.45, 7) is 0. The van der Waals surface area contributed by atoms with Gasteiger partial charge in [0, 0.05) is 5.92 Å². The zero-order chi connectivity index (χ0) is 15.1. The maximum absolute atomic E-state index is 12.4. The quantitative estimate of drug-likeness (QED) is 0.875. The largest absolute Gasteiger partial charge is 0.350 e. The average molecular weight is 298 g/mol. The summed E-state index contributed by atoms with van der Waals surface area (Å²) in [4.78, 5) is 24.7. The van der Waals surface area contributed by atoms with Gasteiger partial charge in [0.2, 0.25) is 11.8 Å². The van der Waals surface area contributed by atoms with E-state index in [1.54, 1.807) is 0 Å². The normalized spacial score (nSPS) is 30.9. The molecule has 0 aromatic heterocycles. The van der Waals surface area contributed by atoms with E-state index in [2.05, 4.69) is 10.6 Å². The summed E-state index contributed by atoms with van der Waals surface area (Å²) in [5, 5.41) is 6.30. The van der Waals surface area contributed by atoms with Gasteiger partial charge in [-0.25, -0.2) is 0 Å². The molecule has 2 amide bonds. The Morgan fingerprint density at radius 3 is 2.50 bits per heavy atom. The summed E-state index contributed by atoms with van der Waals surface area (Å²) in [6, 6.07) is 9.79. The Morgan fingerprint density at radius 1 is 1.14 bits per heavy atom. The number of benzene rings is 1. The van der Waals surface area contributed by atoms with Crippen molar-refractivity contribution in [2.75, 3.05) is 0 Å². The molecule has 0 bridgehead atoms. The minimum absolute atomic E-state index is 0.0830. The van der Waals surface area contributed by atoms with E-state index in [-0.39, 0.29) is 35.7 Å². The highest BCUT2D eigenvalue weighted by atomic mass is 16.2. The minimum Gasteiger partial charge on any atom is -0.350 e. The molecule has 3 aliphatic rings. The van der Waals surface area contributed by atoms with Crippen molar-refractivity contribution in [3.8, 4) is 0 Å². The summed E-state index contributed by atoms with van der Waals surface area (Å²) in [6.07, 6.45) is 5.34. The van der Waals surface area contributed by atoms with Crippen LogP contribution < -0.4 is 10.6 Å². The lowest BCUT2D eigenvalue weighted by Gasteiger charge is -2.24. The van der Waals surface area contributed by atoms with E-state index in [4.69, 9.17) is 0 Å². The fourth-order valence-electron chi connectivity index (χ4n) is 3.47. The van der Waals surface area contributed by atoms with Crippen LogP contribution in [0, 0.1) is 17.8 Å². The Kier molecular flexibility index (Phi) is 3.40. The molecule has 22 heavy (non-hydrogen) atoms. The Morgan fingerprint density at radius 2 is 1.86 bits per heavy atom. The summed E-state index contributed by atoms with van der Waals surface area (Å²) in [7, 11) is 0. The lowest BCUT2D eigenvalue weighted by Crippen LogP contribution is -2.43. The van der Waals surface area contributed by atoms with E-state index in [9.17, 15) is 9.59 Å². The molecule has 1 heterocycles. The third-order valence-corrected chi connectivity index (χ3v) is 5.13. The third-order valence-electron chi connectivity index (χ3n) is 5.13. The summed E-state index contributed by atoms with van der Waals surface area (Å²) in [5.41, 5.74) is 1.08. The van der Waals surface area contributed by atoms with E-state index in [0.29, 0.717) is 5.92 Å². The van der Waals surface area contributed by atoms with Crippen LogP contribution in [0.4, 0.5) is 0 Å². The van der Waals surface area contributed by atoms with Gasteiger partial charge in [-0.3, -0.25) is 9.59 Å². The van der Waals surface area contributed by atoms with Crippen molar-refractivity contribution in [1.29, 1.82) is 0 Å². The molecule has 3 atom stereocenters. The lowest BCUT2D eigenvalue weighted by atomic mass is 9.89. The number of hydrogen-bond donors (Lipinski definition) is 2. The van der Waals surface area contributed by atoms with E-state index in [1.165, 1.54) is 12.8 Å². The van der Waals surface area contributed by atoms with Crippen LogP contribution in [0.5, 0.6) is 0 Å². The van der Waals surface area contributed by atoms with Gasteiger partial charge in [0.05, 0.1) is 18.0 Å². The Labute approximate surface area is 130 Å². The molecule has 0 spiro atoms. The highest BCUT2D eigenvalue weighted by molar-refractivity contribution is 5.86. The standard InChI is InChI=1S/C18H22N2O2/c21-17(13-8-9-13)20-16-14(10-11-6-7-11)18(22)19-15(16)12-4-2-1-3-5-12/h1-5,11,13-16H,6-10H2,(H,19,22)(H,20,21). The van der Waals surface area contributed by atoms with Gasteiger partial charge < -0.3 is 10.6 Å². The van der Waals surface area contributed by atoms with Gasteiger partial charge in [-0.1, -0.05) is 43.2 Å². The maximum atomic E-state index is 12.4. The zero-order valence-electron chi connectivity index (χ0n) is 12.6. The van der Waals surface area contributed by atoms with Gasteiger partial charge in [0.1, 0.15) is 0 Å². The zero-order valence-corrected chi connectivity index (χ0v) is 12.6. The molecular weight excluding hydrogens is 276 g/mol. The smallest absolute Gasteiger partial charge is 0.225 e. The SMILES string of the molecule is O=C(NC1C(CC2CC2)C(=O)NC1c1ccccc1)C1CC1. The predicted octanol–water partition coefficient (Wildman–Crippen LogP) is 2.17. The first kappa shape index (κ1) is 13.8. The van der Waals surface area contributed by atoms with Crippen molar-refractivity contribution in [2.24, 2.45) is 17.8 Å². The molecule has 0 radical (unpaired) electrons. The summed E-state index contributed by atoms with van der Waals surface area (Å²) >= 11 is 0. The number of carbonyl (C=O) groups is 2. The number of rotatable bonds is 5. The molecule has 2 aliphatic carbocycles. The monoisotopic (exact) mass is 298 g/mol. The second-order valence-corrected chi connectivity index (χ2v) is 6.99. The third kappa shape index (κ3) is 2.74. The summed E-state index contributed by atoms with van der Waals surface area (Å²) in [5.74, 6) is 0.991. The fraction of sp³-hybridized carbons (Fsp3) is 0.556. The molecule has 1 aromatic carbocycles. The second-order valence-electron chi connectivity index (χ2n) is 6.99. The number of nitrogens with one attached hydrogen (secondary N) is 2. The van der Waals surface area contributed by atoms with Crippen molar-refractivity contribution in [3.05, 3.63) is 35.9 Å². The average Bonchev–Trinajstić information content (AvgIpc) is 3.42. The first-order chi connectivity index (χ1) is 10.7. The van der Waals surface area contributed by atoms with Crippen LogP contribution in [0.3, 0.4) is 0 Å². The van der Waals surface area contributed by atoms with E-state index in [0.717, 1.165) is 24.8 Å². The van der Waals surface area contributed by atoms with Crippen LogP contribution >= 0.6 is 0 Å². The highest BCUT2D eigenvalue weighted by Crippen LogP contribution is 2.41. The van der Waals surface area contributed by atoms with Gasteiger partial charge in [0.15, 0.2) is 0 Å². The van der Waals surface area contributed by atoms with Crippen LogP contribution in [-0.2, 0) is 9.59 Å². The van der Waals surface area contributed by atoms with Crippen LogP contribution in [0.2, 0.25) is 0 Å². The molecule has 4 heteroatoms. The van der Waals surface area contributed by atoms with Gasteiger partial charge in [-0.2, -0.15) is 0 Å². The van der Waals surface area contributed by atoms with Crippen molar-refractivity contribution in [1.82, 2.24) is 10.6 Å². The Bertz CT molecular complexity index is 578. The molecule has 2 N–H and O–H groups in total. The molecule has 4 nitrogen and oxygen atoms in total. The van der Waals surface area contributed by atoms with E-state index in [1.807, 2.05) is 30.3 Å². The highest BCUT2D eigenvalue weighted by Gasteiger charge is 2.46. The maximum Gasteiger partial charge on any atom is 0.225 e. The molecule has 1 saturated heterocycles. The van der Waals surface area contributed by atoms with Crippen molar-refractivity contribution in [2.45, 2.75) is 44.2 Å². The minimum atomic E-state index is -0.108. The molecule has 4 rings (SSSR count). The molecule has 3 unspecified atom stereocenters. The van der Waals surface area contributed by atoms with Crippen molar-refractivity contribution < 1.29 is 9.59 Å². The summed E-state index contributed by atoms with van der Waals surface area (Å²) < 4.78 is 0. The first-order valence-corrected chi connectivity index (χ1v) is 8.38. The van der Waals surface area contributed by atoms with Crippen LogP contribution in [0.1, 0.15) is 43.7 Å². The van der Waals surface area contributed by atoms with Crippen molar-refractivity contribution >= 4 is 11.8 Å². The molecule has 1 aromatic rings. The Balaban J connectivity index is 1.57. The number of amides is 2. The molecule has 2 saturated carbocycles.